The number of amides is 2. The van der Waals surface area contributed by atoms with E-state index in [1.807, 2.05) is 12.1 Å². The molecule has 54 heavy (non-hydrogen) atoms. The molecule has 8 nitrogen and oxygen atoms in total. The topological polar surface area (TPSA) is 123 Å². The molecule has 6 N–H and O–H groups in total. The Kier molecular flexibility index (Phi) is 13.0. The highest BCUT2D eigenvalue weighted by atomic mass is 16.3. The van der Waals surface area contributed by atoms with Crippen LogP contribution in [0.5, 0.6) is 11.5 Å². The molecule has 2 aromatic carbocycles. The maximum Gasteiger partial charge on any atom is 0.226 e. The first-order valence-corrected chi connectivity index (χ1v) is 21.5. The predicted molar refractivity (Wildman–Crippen MR) is 218 cm³/mol. The molecule has 0 heterocycles. The first-order chi connectivity index (χ1) is 25.9. The van der Waals surface area contributed by atoms with Crippen LogP contribution in [0.4, 0.5) is 0 Å². The van der Waals surface area contributed by atoms with E-state index in [0.717, 1.165) is 103 Å². The molecule has 2 fully saturated rings. The highest BCUT2D eigenvalue weighted by Crippen LogP contribution is 2.59. The number of benzene rings is 2. The summed E-state index contributed by atoms with van der Waals surface area (Å²) in [5.74, 6) is 1.64. The zero-order valence-corrected chi connectivity index (χ0v) is 33.9. The molecular formula is C46H70N4O4. The number of carbonyl (C=O) groups excluding carboxylic acids is 2. The van der Waals surface area contributed by atoms with E-state index in [0.29, 0.717) is 24.6 Å². The lowest BCUT2D eigenvalue weighted by atomic mass is 9.49. The summed E-state index contributed by atoms with van der Waals surface area (Å²) in [5.41, 5.74) is 4.29. The standard InChI is InChI=1S/C46H70N4O4/c1-43-21-9-23-45(3,39(43)19-15-33-13-17-35(51)31-37(33)43)41(53)49-29-11-27-47-25-7-5-6-8-26-48-28-12-30-50-42(54)46(4)24-10-22-44(2)38-32-36(52)18-14-34(38)16-20-40(44)46/h13-14,17-18,31-32,39-40,47-48,51-52H,5-12,15-16,19-30H2,1-4H3,(H,49,53)(H,50,54)/t39-,40-,43-,44-,45+,46+/m1/s1. The van der Waals surface area contributed by atoms with Crippen LogP contribution >= 0.6 is 0 Å². The van der Waals surface area contributed by atoms with Gasteiger partial charge in [-0.25, -0.2) is 0 Å². The number of rotatable bonds is 17. The molecule has 0 aromatic heterocycles. The van der Waals surface area contributed by atoms with Crippen molar-refractivity contribution in [3.8, 4) is 11.5 Å². The van der Waals surface area contributed by atoms with Gasteiger partial charge in [-0.15, -0.1) is 0 Å². The second-order valence-electron chi connectivity index (χ2n) is 18.4. The van der Waals surface area contributed by atoms with Gasteiger partial charge >= 0.3 is 0 Å². The SMILES string of the molecule is C[C@]1(C(=O)NCCCNCCCCCCNCCCNC(=O)[C@@]2(C)CCC[C@]3(C)c4cc(O)ccc4CC[C@@H]23)CCC[C@]2(C)c3cc(O)ccc3CC[C@@H]12. The molecule has 0 radical (unpaired) electrons. The summed E-state index contributed by atoms with van der Waals surface area (Å²) in [5, 5.41) is 34.2. The summed E-state index contributed by atoms with van der Waals surface area (Å²) in [6, 6.07) is 11.7. The predicted octanol–water partition coefficient (Wildman–Crippen LogP) is 7.57. The van der Waals surface area contributed by atoms with Crippen molar-refractivity contribution >= 4 is 11.8 Å². The molecule has 0 aliphatic heterocycles. The van der Waals surface area contributed by atoms with E-state index in [1.165, 1.54) is 47.9 Å². The number of hydrogen-bond donors (Lipinski definition) is 6. The summed E-state index contributed by atoms with van der Waals surface area (Å²) >= 11 is 0. The molecule has 2 aromatic rings. The fourth-order valence-electron chi connectivity index (χ4n) is 11.8. The molecule has 6 atom stereocenters. The number of aromatic hydroxyl groups is 2. The molecule has 298 valence electrons. The summed E-state index contributed by atoms with van der Waals surface area (Å²) in [7, 11) is 0. The van der Waals surface area contributed by atoms with E-state index in [4.69, 9.17) is 0 Å². The van der Waals surface area contributed by atoms with Gasteiger partial charge in [-0.2, -0.15) is 0 Å². The number of phenolic OH excluding ortho intramolecular Hbond substituents is 2. The van der Waals surface area contributed by atoms with Crippen molar-refractivity contribution in [2.24, 2.45) is 22.7 Å². The number of unbranched alkanes of at least 4 members (excludes halogenated alkanes) is 3. The number of nitrogens with one attached hydrogen (secondary N) is 4. The Morgan fingerprint density at radius 2 is 0.981 bits per heavy atom. The van der Waals surface area contributed by atoms with Gasteiger partial charge in [0.15, 0.2) is 0 Å². The van der Waals surface area contributed by atoms with Gasteiger partial charge in [0.2, 0.25) is 11.8 Å². The molecule has 0 spiro atoms. The van der Waals surface area contributed by atoms with Crippen LogP contribution in [0.3, 0.4) is 0 Å². The number of phenols is 2. The highest BCUT2D eigenvalue weighted by Gasteiger charge is 2.56. The zero-order chi connectivity index (χ0) is 38.4. The molecule has 0 saturated heterocycles. The van der Waals surface area contributed by atoms with Crippen molar-refractivity contribution < 1.29 is 19.8 Å². The van der Waals surface area contributed by atoms with Gasteiger partial charge < -0.3 is 31.5 Å². The smallest absolute Gasteiger partial charge is 0.226 e. The van der Waals surface area contributed by atoms with E-state index >= 15 is 0 Å². The number of carbonyl (C=O) groups is 2. The molecular weight excluding hydrogens is 673 g/mol. The average molecular weight is 743 g/mol. The Bertz CT molecular complexity index is 1500. The maximum absolute atomic E-state index is 13.6. The average Bonchev–Trinajstić information content (AvgIpc) is 3.14. The first kappa shape index (κ1) is 40.6. The second kappa shape index (κ2) is 17.4. The summed E-state index contributed by atoms with van der Waals surface area (Å²) < 4.78 is 0. The summed E-state index contributed by atoms with van der Waals surface area (Å²) in [6.45, 7) is 14.3. The third-order valence-corrected chi connectivity index (χ3v) is 14.8. The van der Waals surface area contributed by atoms with Crippen LogP contribution in [0.2, 0.25) is 0 Å². The minimum Gasteiger partial charge on any atom is -0.508 e. The van der Waals surface area contributed by atoms with Crippen LogP contribution < -0.4 is 21.3 Å². The van der Waals surface area contributed by atoms with Gasteiger partial charge in [-0.3, -0.25) is 9.59 Å². The van der Waals surface area contributed by atoms with Crippen LogP contribution in [0.1, 0.15) is 140 Å². The molecule has 6 rings (SSSR count). The van der Waals surface area contributed by atoms with Gasteiger partial charge in [-0.05, 0) is 172 Å². The summed E-state index contributed by atoms with van der Waals surface area (Å²) in [4.78, 5) is 27.2. The van der Waals surface area contributed by atoms with Crippen LogP contribution in [0.15, 0.2) is 36.4 Å². The Hall–Kier alpha value is -3.10. The third kappa shape index (κ3) is 8.35. The van der Waals surface area contributed by atoms with Gasteiger partial charge in [0.25, 0.3) is 0 Å². The first-order valence-electron chi connectivity index (χ1n) is 21.5. The fraction of sp³-hybridized carbons (Fsp3) is 0.696. The molecule has 4 aliphatic rings. The summed E-state index contributed by atoms with van der Waals surface area (Å²) in [6.07, 6.45) is 16.7. The Morgan fingerprint density at radius 1 is 0.574 bits per heavy atom. The number of aryl methyl sites for hydroxylation is 2. The largest absolute Gasteiger partial charge is 0.508 e. The Morgan fingerprint density at radius 3 is 1.41 bits per heavy atom. The molecule has 8 heteroatoms. The minimum absolute atomic E-state index is 0.0679. The van der Waals surface area contributed by atoms with Crippen molar-refractivity contribution in [1.82, 2.24) is 21.3 Å². The lowest BCUT2D eigenvalue weighted by Gasteiger charge is -2.54. The quantitative estimate of drug-likeness (QED) is 0.0931. The van der Waals surface area contributed by atoms with E-state index in [-0.39, 0.29) is 45.3 Å². The number of fused-ring (bicyclic) bond motifs is 6. The van der Waals surface area contributed by atoms with Crippen LogP contribution in [-0.2, 0) is 33.3 Å². The van der Waals surface area contributed by atoms with Crippen LogP contribution in [0, 0.1) is 22.7 Å². The third-order valence-electron chi connectivity index (χ3n) is 14.8. The minimum atomic E-state index is -0.374. The lowest BCUT2D eigenvalue weighted by molar-refractivity contribution is -0.139. The normalized spacial score (nSPS) is 30.0. The second-order valence-corrected chi connectivity index (χ2v) is 18.4. The molecule has 2 saturated carbocycles. The van der Waals surface area contributed by atoms with Crippen molar-refractivity contribution in [2.45, 2.75) is 141 Å². The van der Waals surface area contributed by atoms with E-state index in [2.05, 4.69) is 61.1 Å². The van der Waals surface area contributed by atoms with Gasteiger partial charge in [0, 0.05) is 13.1 Å². The highest BCUT2D eigenvalue weighted by molar-refractivity contribution is 5.83. The number of hydrogen-bond acceptors (Lipinski definition) is 6. The monoisotopic (exact) mass is 743 g/mol. The van der Waals surface area contributed by atoms with Crippen molar-refractivity contribution in [3.63, 3.8) is 0 Å². The van der Waals surface area contributed by atoms with Crippen LogP contribution in [-0.4, -0.2) is 61.3 Å². The van der Waals surface area contributed by atoms with Crippen molar-refractivity contribution in [1.29, 1.82) is 0 Å². The maximum atomic E-state index is 13.6. The van der Waals surface area contributed by atoms with Gasteiger partial charge in [-0.1, -0.05) is 65.5 Å². The fourth-order valence-corrected chi connectivity index (χ4v) is 11.8. The molecule has 0 bridgehead atoms. The lowest BCUT2D eigenvalue weighted by Crippen LogP contribution is -2.55. The molecule has 0 unspecified atom stereocenters. The molecule has 4 aliphatic carbocycles. The zero-order valence-electron chi connectivity index (χ0n) is 33.9. The van der Waals surface area contributed by atoms with Crippen molar-refractivity contribution in [3.05, 3.63) is 58.7 Å². The van der Waals surface area contributed by atoms with Crippen molar-refractivity contribution in [2.75, 3.05) is 39.3 Å². The van der Waals surface area contributed by atoms with E-state index < -0.39 is 0 Å². The van der Waals surface area contributed by atoms with Crippen LogP contribution in [0.25, 0.3) is 0 Å². The Balaban J connectivity index is 0.779. The van der Waals surface area contributed by atoms with Gasteiger partial charge in [0.05, 0.1) is 10.8 Å². The van der Waals surface area contributed by atoms with Gasteiger partial charge in [0.1, 0.15) is 11.5 Å². The van der Waals surface area contributed by atoms with E-state index in [9.17, 15) is 19.8 Å². The van der Waals surface area contributed by atoms with E-state index in [1.54, 1.807) is 12.1 Å². The Labute approximate surface area is 325 Å². The molecule has 2 amide bonds.